The van der Waals surface area contributed by atoms with Gasteiger partial charge in [0, 0.05) is 29.9 Å². The minimum absolute atomic E-state index is 0.0384. The van der Waals surface area contributed by atoms with Gasteiger partial charge in [-0.05, 0) is 49.7 Å². The van der Waals surface area contributed by atoms with Crippen molar-refractivity contribution in [3.8, 4) is 11.3 Å². The van der Waals surface area contributed by atoms with Crippen molar-refractivity contribution in [3.05, 3.63) is 78.1 Å². The number of hydrogen-bond acceptors (Lipinski definition) is 3. The van der Waals surface area contributed by atoms with Gasteiger partial charge in [0.15, 0.2) is 0 Å². The smallest absolute Gasteiger partial charge is 0.253 e. The first-order valence-electron chi connectivity index (χ1n) is 9.41. The number of nitrogens with zero attached hydrogens (tertiary/aromatic N) is 1. The Morgan fingerprint density at radius 3 is 2.64 bits per heavy atom. The highest BCUT2D eigenvalue weighted by Crippen LogP contribution is 2.24. The van der Waals surface area contributed by atoms with Gasteiger partial charge in [0.05, 0.1) is 12.2 Å². The molecule has 1 atom stereocenters. The first-order valence-corrected chi connectivity index (χ1v) is 9.41. The van der Waals surface area contributed by atoms with Gasteiger partial charge in [-0.15, -0.1) is 0 Å². The number of likely N-dealkylation sites (tertiary alicyclic amines) is 1. The molecule has 0 radical (unpaired) electrons. The lowest BCUT2D eigenvalue weighted by Crippen LogP contribution is -2.31. The molecular formula is C23H22N2O3. The van der Waals surface area contributed by atoms with Gasteiger partial charge in [-0.1, -0.05) is 29.8 Å². The molecule has 5 heteroatoms. The van der Waals surface area contributed by atoms with E-state index in [1.54, 1.807) is 17.2 Å². The predicted octanol–water partition coefficient (Wildman–Crippen LogP) is 4.36. The minimum Gasteiger partial charge on any atom is -0.464 e. The second kappa shape index (κ2) is 7.72. The summed E-state index contributed by atoms with van der Waals surface area (Å²) in [5, 5.41) is 2.95. The van der Waals surface area contributed by atoms with Crippen LogP contribution in [0.2, 0.25) is 0 Å². The van der Waals surface area contributed by atoms with E-state index in [0.29, 0.717) is 25.1 Å². The van der Waals surface area contributed by atoms with Gasteiger partial charge in [0.25, 0.3) is 5.91 Å². The summed E-state index contributed by atoms with van der Waals surface area (Å²) in [4.78, 5) is 27.2. The summed E-state index contributed by atoms with van der Waals surface area (Å²) < 4.78 is 5.41. The lowest BCUT2D eigenvalue weighted by molar-refractivity contribution is -0.119. The molecule has 1 saturated heterocycles. The Hall–Kier alpha value is -3.34. The number of anilines is 1. The van der Waals surface area contributed by atoms with Crippen LogP contribution in [-0.2, 0) is 4.79 Å². The van der Waals surface area contributed by atoms with Gasteiger partial charge in [-0.2, -0.15) is 0 Å². The average molecular weight is 374 g/mol. The van der Waals surface area contributed by atoms with Crippen LogP contribution in [0.4, 0.5) is 5.69 Å². The van der Waals surface area contributed by atoms with Crippen LogP contribution in [0.15, 0.2) is 71.3 Å². The Bertz CT molecular complexity index is 977. The van der Waals surface area contributed by atoms with Gasteiger partial charge >= 0.3 is 0 Å². The first-order chi connectivity index (χ1) is 13.6. The predicted molar refractivity (Wildman–Crippen MR) is 108 cm³/mol. The van der Waals surface area contributed by atoms with Crippen molar-refractivity contribution in [2.45, 2.75) is 13.3 Å². The monoisotopic (exact) mass is 374 g/mol. The summed E-state index contributed by atoms with van der Waals surface area (Å²) >= 11 is 0. The summed E-state index contributed by atoms with van der Waals surface area (Å²) in [6.07, 6.45) is 2.28. The molecule has 1 N–H and O–H groups in total. The van der Waals surface area contributed by atoms with Gasteiger partial charge in [-0.3, -0.25) is 9.59 Å². The zero-order chi connectivity index (χ0) is 19.5. The Morgan fingerprint density at radius 2 is 1.89 bits per heavy atom. The zero-order valence-corrected chi connectivity index (χ0v) is 15.7. The molecule has 2 amide bonds. The number of aryl methyl sites for hydroxylation is 1. The Morgan fingerprint density at radius 1 is 1.07 bits per heavy atom. The molecule has 4 rings (SSSR count). The van der Waals surface area contributed by atoms with Gasteiger partial charge < -0.3 is 14.6 Å². The van der Waals surface area contributed by atoms with Crippen LogP contribution in [0.1, 0.15) is 22.3 Å². The fourth-order valence-electron chi connectivity index (χ4n) is 3.47. The number of carbonyl (C=O) groups is 2. The molecule has 1 aliphatic rings. The number of carbonyl (C=O) groups excluding carboxylic acids is 2. The summed E-state index contributed by atoms with van der Waals surface area (Å²) in [7, 11) is 0. The molecule has 2 heterocycles. The zero-order valence-electron chi connectivity index (χ0n) is 15.7. The number of nitrogens with one attached hydrogen (secondary N) is 1. The quantitative estimate of drug-likeness (QED) is 0.738. The van der Waals surface area contributed by atoms with Crippen LogP contribution in [-0.4, -0.2) is 29.8 Å². The average Bonchev–Trinajstić information content (AvgIpc) is 3.41. The number of benzene rings is 2. The Labute approximate surface area is 164 Å². The lowest BCUT2D eigenvalue weighted by atomic mass is 10.1. The van der Waals surface area contributed by atoms with E-state index in [1.807, 2.05) is 61.5 Å². The van der Waals surface area contributed by atoms with Crippen molar-refractivity contribution in [2.24, 2.45) is 5.92 Å². The second-order valence-corrected chi connectivity index (χ2v) is 7.15. The van der Waals surface area contributed by atoms with E-state index in [1.165, 1.54) is 0 Å². The minimum atomic E-state index is -0.196. The van der Waals surface area contributed by atoms with Crippen molar-refractivity contribution in [1.82, 2.24) is 4.90 Å². The molecule has 1 aromatic heterocycles. The van der Waals surface area contributed by atoms with Crippen LogP contribution >= 0.6 is 0 Å². The fourth-order valence-corrected chi connectivity index (χ4v) is 3.47. The normalized spacial score (nSPS) is 16.2. The molecule has 3 aromatic rings. The molecule has 1 unspecified atom stereocenters. The van der Waals surface area contributed by atoms with Crippen LogP contribution in [0, 0.1) is 12.8 Å². The van der Waals surface area contributed by atoms with E-state index in [4.69, 9.17) is 4.42 Å². The van der Waals surface area contributed by atoms with E-state index in [0.717, 1.165) is 22.6 Å². The third-order valence-corrected chi connectivity index (χ3v) is 5.08. The maximum Gasteiger partial charge on any atom is 0.253 e. The van der Waals surface area contributed by atoms with Gasteiger partial charge in [0.1, 0.15) is 5.76 Å². The summed E-state index contributed by atoms with van der Waals surface area (Å²) in [5.41, 5.74) is 3.40. The first kappa shape index (κ1) is 18.0. The van der Waals surface area contributed by atoms with E-state index in [-0.39, 0.29) is 17.7 Å². The number of hydrogen-bond donors (Lipinski definition) is 1. The molecule has 5 nitrogen and oxygen atoms in total. The Balaban J connectivity index is 1.41. The molecule has 142 valence electrons. The van der Waals surface area contributed by atoms with E-state index in [9.17, 15) is 9.59 Å². The van der Waals surface area contributed by atoms with Crippen molar-refractivity contribution < 1.29 is 14.0 Å². The highest BCUT2D eigenvalue weighted by atomic mass is 16.3. The molecule has 0 saturated carbocycles. The molecule has 28 heavy (non-hydrogen) atoms. The van der Waals surface area contributed by atoms with Gasteiger partial charge in [-0.25, -0.2) is 0 Å². The van der Waals surface area contributed by atoms with Crippen LogP contribution in [0.3, 0.4) is 0 Å². The van der Waals surface area contributed by atoms with Gasteiger partial charge in [0.2, 0.25) is 5.91 Å². The third kappa shape index (κ3) is 3.83. The largest absolute Gasteiger partial charge is 0.464 e. The fraction of sp³-hybridized carbons (Fsp3) is 0.217. The van der Waals surface area contributed by atoms with Crippen LogP contribution in [0.5, 0.6) is 0 Å². The maximum absolute atomic E-state index is 12.9. The molecule has 2 aromatic carbocycles. The molecule has 0 spiro atoms. The third-order valence-electron chi connectivity index (χ3n) is 5.08. The van der Waals surface area contributed by atoms with E-state index >= 15 is 0 Å². The molecule has 0 bridgehead atoms. The number of rotatable bonds is 4. The van der Waals surface area contributed by atoms with Crippen molar-refractivity contribution in [1.29, 1.82) is 0 Å². The SMILES string of the molecule is Cc1ccc(NC(=O)C2CCN(C(=O)c3cccc(-c4ccco4)c3)C2)cc1. The van der Waals surface area contributed by atoms with Crippen LogP contribution in [0.25, 0.3) is 11.3 Å². The van der Waals surface area contributed by atoms with Crippen molar-refractivity contribution in [2.75, 3.05) is 18.4 Å². The summed E-state index contributed by atoms with van der Waals surface area (Å²) in [6, 6.07) is 18.8. The molecule has 1 aliphatic heterocycles. The lowest BCUT2D eigenvalue weighted by Gasteiger charge is -2.17. The highest BCUT2D eigenvalue weighted by Gasteiger charge is 2.31. The standard InChI is InChI=1S/C23H22N2O3/c1-16-7-9-20(10-8-16)24-22(26)19-11-12-25(15-19)23(27)18-5-2-4-17(14-18)21-6-3-13-28-21/h2-10,13-14,19H,11-12,15H2,1H3,(H,24,26). The second-order valence-electron chi connectivity index (χ2n) is 7.15. The highest BCUT2D eigenvalue weighted by molar-refractivity contribution is 5.97. The van der Waals surface area contributed by atoms with E-state index in [2.05, 4.69) is 5.32 Å². The Kier molecular flexibility index (Phi) is 4.98. The summed E-state index contributed by atoms with van der Waals surface area (Å²) in [5.74, 6) is 0.437. The topological polar surface area (TPSA) is 62.6 Å². The van der Waals surface area contributed by atoms with Crippen molar-refractivity contribution >= 4 is 17.5 Å². The molecular weight excluding hydrogens is 352 g/mol. The van der Waals surface area contributed by atoms with Crippen molar-refractivity contribution in [3.63, 3.8) is 0 Å². The molecule has 1 fully saturated rings. The number of amides is 2. The van der Waals surface area contributed by atoms with Crippen LogP contribution < -0.4 is 5.32 Å². The summed E-state index contributed by atoms with van der Waals surface area (Å²) in [6.45, 7) is 3.02. The van der Waals surface area contributed by atoms with E-state index < -0.39 is 0 Å². The number of furan rings is 1. The molecule has 0 aliphatic carbocycles. The maximum atomic E-state index is 12.9.